The summed E-state index contributed by atoms with van der Waals surface area (Å²) in [6, 6.07) is 8.22. The van der Waals surface area contributed by atoms with Gasteiger partial charge < -0.3 is 20.1 Å². The third-order valence-corrected chi connectivity index (χ3v) is 5.06. The second kappa shape index (κ2) is 12.4. The molecule has 2 N–H and O–H groups in total. The molecule has 1 aromatic rings. The fraction of sp³-hybridized carbons (Fsp3) is 0.650. The zero-order valence-corrected chi connectivity index (χ0v) is 18.7. The Morgan fingerprint density at radius 1 is 1.23 bits per heavy atom. The quantitative estimate of drug-likeness (QED) is 0.309. The molecule has 1 aliphatic carbocycles. The van der Waals surface area contributed by atoms with Crippen molar-refractivity contribution in [2.45, 2.75) is 39.0 Å². The SMILES string of the molecule is CCOc1ccccc1CCNC(=NC)NCC1(CCOC)CCC1.I. The van der Waals surface area contributed by atoms with Crippen LogP contribution in [0.4, 0.5) is 0 Å². The van der Waals surface area contributed by atoms with Crippen molar-refractivity contribution in [3.63, 3.8) is 0 Å². The van der Waals surface area contributed by atoms with E-state index in [0.29, 0.717) is 12.0 Å². The Hall–Kier alpha value is -1.02. The number of ether oxygens (including phenoxy) is 2. The Balaban J connectivity index is 0.00000338. The molecule has 0 aromatic heterocycles. The Kier molecular flexibility index (Phi) is 11.0. The van der Waals surface area contributed by atoms with Gasteiger partial charge >= 0.3 is 0 Å². The number of hydrogen-bond acceptors (Lipinski definition) is 3. The maximum Gasteiger partial charge on any atom is 0.191 e. The lowest BCUT2D eigenvalue weighted by Gasteiger charge is -2.42. The van der Waals surface area contributed by atoms with Gasteiger partial charge in [0.25, 0.3) is 0 Å². The zero-order valence-electron chi connectivity index (χ0n) is 16.3. The molecule has 1 aliphatic rings. The number of methoxy groups -OCH3 is 1. The molecule has 6 heteroatoms. The van der Waals surface area contributed by atoms with Gasteiger partial charge in [0.15, 0.2) is 5.96 Å². The molecule has 0 heterocycles. The van der Waals surface area contributed by atoms with Crippen LogP contribution in [-0.2, 0) is 11.2 Å². The van der Waals surface area contributed by atoms with E-state index in [9.17, 15) is 0 Å². The van der Waals surface area contributed by atoms with Gasteiger partial charge in [-0.05, 0) is 49.7 Å². The van der Waals surface area contributed by atoms with Crippen LogP contribution in [0, 0.1) is 5.41 Å². The lowest BCUT2D eigenvalue weighted by Crippen LogP contribution is -2.47. The summed E-state index contributed by atoms with van der Waals surface area (Å²) in [5.74, 6) is 1.85. The zero-order chi connectivity index (χ0) is 18.0. The monoisotopic (exact) mass is 475 g/mol. The van der Waals surface area contributed by atoms with Gasteiger partial charge in [-0.2, -0.15) is 0 Å². The molecule has 5 nitrogen and oxygen atoms in total. The number of guanidine groups is 1. The highest BCUT2D eigenvalue weighted by atomic mass is 127. The predicted molar refractivity (Wildman–Crippen MR) is 119 cm³/mol. The molecule has 0 atom stereocenters. The first kappa shape index (κ1) is 23.0. The van der Waals surface area contributed by atoms with E-state index in [-0.39, 0.29) is 24.0 Å². The highest BCUT2D eigenvalue weighted by molar-refractivity contribution is 14.0. The second-order valence-corrected chi connectivity index (χ2v) is 6.74. The highest BCUT2D eigenvalue weighted by Crippen LogP contribution is 2.43. The van der Waals surface area contributed by atoms with E-state index in [4.69, 9.17) is 9.47 Å². The first-order valence-electron chi connectivity index (χ1n) is 9.37. The summed E-state index contributed by atoms with van der Waals surface area (Å²) >= 11 is 0. The molecule has 148 valence electrons. The number of hydrogen-bond donors (Lipinski definition) is 2. The van der Waals surface area contributed by atoms with E-state index >= 15 is 0 Å². The molecule has 0 amide bonds. The molecule has 1 saturated carbocycles. The predicted octanol–water partition coefficient (Wildman–Crippen LogP) is 3.62. The molecular weight excluding hydrogens is 441 g/mol. The largest absolute Gasteiger partial charge is 0.494 e. The third kappa shape index (κ3) is 6.95. The minimum Gasteiger partial charge on any atom is -0.494 e. The molecule has 0 radical (unpaired) electrons. The summed E-state index contributed by atoms with van der Waals surface area (Å²) < 4.78 is 11.0. The van der Waals surface area contributed by atoms with Gasteiger partial charge in [-0.3, -0.25) is 4.99 Å². The van der Waals surface area contributed by atoms with Crippen molar-refractivity contribution in [1.29, 1.82) is 0 Å². The normalized spacial score (nSPS) is 15.6. The Morgan fingerprint density at radius 3 is 2.62 bits per heavy atom. The van der Waals surface area contributed by atoms with Gasteiger partial charge in [0.2, 0.25) is 0 Å². The average Bonchev–Trinajstić information content (AvgIpc) is 2.60. The van der Waals surface area contributed by atoms with Crippen molar-refractivity contribution < 1.29 is 9.47 Å². The van der Waals surface area contributed by atoms with Gasteiger partial charge in [-0.15, -0.1) is 24.0 Å². The fourth-order valence-electron chi connectivity index (χ4n) is 3.32. The second-order valence-electron chi connectivity index (χ2n) is 6.74. The van der Waals surface area contributed by atoms with Crippen LogP contribution in [0.1, 0.15) is 38.2 Å². The van der Waals surface area contributed by atoms with Crippen LogP contribution in [0.2, 0.25) is 0 Å². The number of nitrogens with zero attached hydrogens (tertiary/aromatic N) is 1. The van der Waals surface area contributed by atoms with E-state index in [1.54, 1.807) is 7.11 Å². The van der Waals surface area contributed by atoms with Crippen LogP contribution in [0.15, 0.2) is 29.3 Å². The number of para-hydroxylation sites is 1. The number of rotatable bonds is 10. The lowest BCUT2D eigenvalue weighted by atomic mass is 9.67. The van der Waals surface area contributed by atoms with Crippen molar-refractivity contribution in [2.24, 2.45) is 10.4 Å². The summed E-state index contributed by atoms with van der Waals surface area (Å²) in [7, 11) is 3.60. The van der Waals surface area contributed by atoms with E-state index in [0.717, 1.165) is 44.2 Å². The van der Waals surface area contributed by atoms with Gasteiger partial charge in [-0.1, -0.05) is 24.6 Å². The molecule has 0 unspecified atom stereocenters. The topological polar surface area (TPSA) is 54.9 Å². The van der Waals surface area contributed by atoms with Crippen LogP contribution in [0.25, 0.3) is 0 Å². The number of benzene rings is 1. The Morgan fingerprint density at radius 2 is 2.00 bits per heavy atom. The summed E-state index contributed by atoms with van der Waals surface area (Å²) in [5.41, 5.74) is 1.61. The maximum atomic E-state index is 5.69. The van der Waals surface area contributed by atoms with Crippen molar-refractivity contribution >= 4 is 29.9 Å². The van der Waals surface area contributed by atoms with Crippen LogP contribution in [-0.4, -0.2) is 46.4 Å². The van der Waals surface area contributed by atoms with Gasteiger partial charge in [-0.25, -0.2) is 0 Å². The van der Waals surface area contributed by atoms with Crippen molar-refractivity contribution in [2.75, 3.05) is 40.5 Å². The molecule has 0 spiro atoms. The lowest BCUT2D eigenvalue weighted by molar-refractivity contribution is 0.0732. The first-order chi connectivity index (χ1) is 12.2. The van der Waals surface area contributed by atoms with Crippen molar-refractivity contribution in [1.82, 2.24) is 10.6 Å². The minimum atomic E-state index is 0. The Labute approximate surface area is 175 Å². The molecule has 1 aromatic carbocycles. The van der Waals surface area contributed by atoms with Gasteiger partial charge in [0.05, 0.1) is 6.61 Å². The van der Waals surface area contributed by atoms with Crippen molar-refractivity contribution in [3.05, 3.63) is 29.8 Å². The molecule has 26 heavy (non-hydrogen) atoms. The maximum absolute atomic E-state index is 5.69. The van der Waals surface area contributed by atoms with Gasteiger partial charge in [0.1, 0.15) is 5.75 Å². The van der Waals surface area contributed by atoms with Crippen molar-refractivity contribution in [3.8, 4) is 5.75 Å². The number of aliphatic imine (C=N–C) groups is 1. The summed E-state index contributed by atoms with van der Waals surface area (Å²) in [4.78, 5) is 4.35. The standard InChI is InChI=1S/C20H33N3O2.HI/c1-4-25-18-9-6-5-8-17(18)10-14-22-19(21-2)23-16-20(11-7-12-20)13-15-24-3;/h5-6,8-9H,4,7,10-16H2,1-3H3,(H2,21,22,23);1H. The van der Waals surface area contributed by atoms with Crippen LogP contribution in [0.5, 0.6) is 5.75 Å². The summed E-state index contributed by atoms with van der Waals surface area (Å²) in [6.45, 7) is 5.33. The Bertz CT molecular complexity index is 548. The molecule has 0 bridgehead atoms. The number of nitrogens with one attached hydrogen (secondary N) is 2. The van der Waals surface area contributed by atoms with Crippen LogP contribution >= 0.6 is 24.0 Å². The van der Waals surface area contributed by atoms with Gasteiger partial charge in [0, 0.05) is 33.9 Å². The first-order valence-corrected chi connectivity index (χ1v) is 9.37. The van der Waals surface area contributed by atoms with E-state index in [1.807, 2.05) is 26.1 Å². The minimum absolute atomic E-state index is 0. The molecular formula is C20H34IN3O2. The molecule has 0 saturated heterocycles. The molecule has 0 aliphatic heterocycles. The molecule has 1 fully saturated rings. The van der Waals surface area contributed by atoms with E-state index in [2.05, 4.69) is 27.8 Å². The fourth-order valence-corrected chi connectivity index (χ4v) is 3.32. The third-order valence-electron chi connectivity index (χ3n) is 5.06. The van der Waals surface area contributed by atoms with Crippen LogP contribution < -0.4 is 15.4 Å². The summed E-state index contributed by atoms with van der Waals surface area (Å²) in [5, 5.41) is 6.92. The summed E-state index contributed by atoms with van der Waals surface area (Å²) in [6.07, 6.45) is 5.91. The van der Waals surface area contributed by atoms with E-state index in [1.165, 1.54) is 24.8 Å². The average molecular weight is 475 g/mol. The smallest absolute Gasteiger partial charge is 0.191 e. The molecule has 2 rings (SSSR count). The van der Waals surface area contributed by atoms with Crippen LogP contribution in [0.3, 0.4) is 0 Å². The number of halogens is 1. The highest BCUT2D eigenvalue weighted by Gasteiger charge is 2.36. The van der Waals surface area contributed by atoms with E-state index < -0.39 is 0 Å².